The van der Waals surface area contributed by atoms with Gasteiger partial charge in [0.05, 0.1) is 5.69 Å². The summed E-state index contributed by atoms with van der Waals surface area (Å²) in [7, 11) is 0. The Morgan fingerprint density at radius 2 is 1.80 bits per heavy atom. The third kappa shape index (κ3) is 2.35. The Morgan fingerprint density at radius 1 is 1.04 bits per heavy atom. The van der Waals surface area contributed by atoms with Gasteiger partial charge in [-0.15, -0.1) is 0 Å². The topological polar surface area (TPSA) is 59.0 Å². The van der Waals surface area contributed by atoms with Crippen LogP contribution in [0, 0.1) is 19.8 Å². The van der Waals surface area contributed by atoms with Crippen molar-refractivity contribution in [1.29, 1.82) is 0 Å². The fourth-order valence-electron chi connectivity index (χ4n) is 3.19. The number of aryl methyl sites for hydroxylation is 2. The molecule has 0 aliphatic carbocycles. The Balaban J connectivity index is 1.74. The fourth-order valence-corrected chi connectivity index (χ4v) is 3.42. The van der Waals surface area contributed by atoms with E-state index in [4.69, 9.17) is 16.4 Å². The molecule has 2 aromatic rings. The molecule has 6 heteroatoms. The van der Waals surface area contributed by atoms with Gasteiger partial charge in [-0.25, -0.2) is 4.90 Å². The maximum absolute atomic E-state index is 13.0. The van der Waals surface area contributed by atoms with Crippen molar-refractivity contribution in [3.63, 3.8) is 0 Å². The number of amides is 2. The molecule has 0 bridgehead atoms. The van der Waals surface area contributed by atoms with E-state index in [1.807, 2.05) is 26.0 Å². The quantitative estimate of drug-likeness (QED) is 0.778. The molecule has 0 N–H and O–H groups in total. The average Bonchev–Trinajstić information content (AvgIpc) is 3.12. The first kappa shape index (κ1) is 15.8. The zero-order valence-corrected chi connectivity index (χ0v) is 14.4. The van der Waals surface area contributed by atoms with E-state index in [-0.39, 0.29) is 5.91 Å². The number of rotatable bonds is 2. The van der Waals surface area contributed by atoms with E-state index >= 15 is 0 Å². The number of imide groups is 1. The number of oxime groups is 1. The first-order valence-electron chi connectivity index (χ1n) is 7.92. The number of carbonyl (C=O) groups is 2. The highest BCUT2D eigenvalue weighted by Crippen LogP contribution is 2.36. The van der Waals surface area contributed by atoms with Gasteiger partial charge in [0, 0.05) is 10.6 Å². The predicted octanol–water partition coefficient (Wildman–Crippen LogP) is 3.25. The van der Waals surface area contributed by atoms with Crippen LogP contribution < -0.4 is 4.90 Å². The van der Waals surface area contributed by atoms with Crippen LogP contribution in [0.1, 0.15) is 16.7 Å². The molecule has 0 saturated carbocycles. The molecule has 2 amide bonds. The van der Waals surface area contributed by atoms with Crippen molar-refractivity contribution in [3.05, 3.63) is 64.2 Å². The molecule has 1 fully saturated rings. The van der Waals surface area contributed by atoms with Crippen molar-refractivity contribution in [2.24, 2.45) is 11.1 Å². The Hall–Kier alpha value is -2.66. The van der Waals surface area contributed by atoms with Crippen LogP contribution in [-0.4, -0.2) is 23.6 Å². The molecule has 25 heavy (non-hydrogen) atoms. The molecule has 5 nitrogen and oxygen atoms in total. The SMILES string of the molecule is Cc1ccc(N2C(=O)[C@H]3C(c4ccccc4Cl)=NO[C@@H]3C2=O)cc1C. The molecule has 0 radical (unpaired) electrons. The van der Waals surface area contributed by atoms with Crippen LogP contribution in [-0.2, 0) is 14.4 Å². The fraction of sp³-hybridized carbons (Fsp3) is 0.211. The highest BCUT2D eigenvalue weighted by atomic mass is 35.5. The lowest BCUT2D eigenvalue weighted by molar-refractivity contribution is -0.126. The number of halogens is 1. The van der Waals surface area contributed by atoms with Crippen LogP contribution in [0.2, 0.25) is 5.02 Å². The average molecular weight is 355 g/mol. The van der Waals surface area contributed by atoms with Crippen molar-refractivity contribution in [1.82, 2.24) is 0 Å². The maximum atomic E-state index is 13.0. The summed E-state index contributed by atoms with van der Waals surface area (Å²) < 4.78 is 0. The molecule has 2 aliphatic heterocycles. The van der Waals surface area contributed by atoms with Gasteiger partial charge >= 0.3 is 0 Å². The summed E-state index contributed by atoms with van der Waals surface area (Å²) in [5.41, 5.74) is 3.67. The number of anilines is 1. The largest absolute Gasteiger partial charge is 0.381 e. The Labute approximate surface area is 149 Å². The predicted molar refractivity (Wildman–Crippen MR) is 94.8 cm³/mol. The summed E-state index contributed by atoms with van der Waals surface area (Å²) >= 11 is 6.22. The summed E-state index contributed by atoms with van der Waals surface area (Å²) in [6.07, 6.45) is -0.930. The van der Waals surface area contributed by atoms with Gasteiger partial charge in [-0.05, 0) is 43.2 Å². The lowest BCUT2D eigenvalue weighted by Crippen LogP contribution is -2.33. The van der Waals surface area contributed by atoms with Crippen molar-refractivity contribution < 1.29 is 14.4 Å². The first-order valence-corrected chi connectivity index (χ1v) is 8.30. The minimum Gasteiger partial charge on any atom is -0.381 e. The summed E-state index contributed by atoms with van der Waals surface area (Å²) in [6.45, 7) is 3.92. The van der Waals surface area contributed by atoms with Crippen LogP contribution in [0.15, 0.2) is 47.6 Å². The summed E-state index contributed by atoms with van der Waals surface area (Å²) in [4.78, 5) is 32.2. The summed E-state index contributed by atoms with van der Waals surface area (Å²) in [5.74, 6) is -1.51. The second kappa shape index (κ2) is 5.70. The van der Waals surface area contributed by atoms with E-state index in [2.05, 4.69) is 5.16 Å². The smallest absolute Gasteiger partial charge is 0.278 e. The van der Waals surface area contributed by atoms with Crippen LogP contribution in [0.4, 0.5) is 5.69 Å². The Morgan fingerprint density at radius 3 is 2.52 bits per heavy atom. The number of hydrogen-bond acceptors (Lipinski definition) is 4. The normalized spacial score (nSPS) is 22.0. The number of benzene rings is 2. The zero-order chi connectivity index (χ0) is 17.7. The molecule has 2 aromatic carbocycles. The zero-order valence-electron chi connectivity index (χ0n) is 13.7. The molecular weight excluding hydrogens is 340 g/mol. The molecule has 2 atom stereocenters. The van der Waals surface area contributed by atoms with Gasteiger partial charge < -0.3 is 4.84 Å². The molecule has 0 unspecified atom stereocenters. The molecule has 2 aliphatic rings. The van der Waals surface area contributed by atoms with Gasteiger partial charge in [0.15, 0.2) is 0 Å². The third-order valence-electron chi connectivity index (χ3n) is 4.71. The van der Waals surface area contributed by atoms with Gasteiger partial charge in [-0.3, -0.25) is 9.59 Å². The molecule has 1 saturated heterocycles. The van der Waals surface area contributed by atoms with E-state index in [0.717, 1.165) is 11.1 Å². The number of carbonyl (C=O) groups excluding carboxylic acids is 2. The summed E-state index contributed by atoms with van der Waals surface area (Å²) in [6, 6.07) is 12.6. The van der Waals surface area contributed by atoms with Gasteiger partial charge in [-0.2, -0.15) is 0 Å². The Bertz CT molecular complexity index is 938. The van der Waals surface area contributed by atoms with Crippen LogP contribution in [0.25, 0.3) is 0 Å². The second-order valence-corrected chi connectivity index (χ2v) is 6.65. The Kier molecular flexibility index (Phi) is 3.62. The van der Waals surface area contributed by atoms with Crippen LogP contribution >= 0.6 is 11.6 Å². The molecule has 4 rings (SSSR count). The summed E-state index contributed by atoms with van der Waals surface area (Å²) in [5, 5.41) is 4.44. The van der Waals surface area contributed by atoms with E-state index in [9.17, 15) is 9.59 Å². The minimum atomic E-state index is -0.930. The van der Waals surface area contributed by atoms with Crippen LogP contribution in [0.3, 0.4) is 0 Å². The molecule has 126 valence electrons. The molecule has 0 aromatic heterocycles. The molecule has 2 heterocycles. The van der Waals surface area contributed by atoms with Crippen molar-refractivity contribution in [2.45, 2.75) is 20.0 Å². The number of fused-ring (bicyclic) bond motifs is 1. The highest BCUT2D eigenvalue weighted by molar-refractivity contribution is 6.38. The van der Waals surface area contributed by atoms with E-state index in [1.165, 1.54) is 4.90 Å². The number of nitrogens with zero attached hydrogens (tertiary/aromatic N) is 2. The lowest BCUT2D eigenvalue weighted by atomic mass is 9.94. The second-order valence-electron chi connectivity index (χ2n) is 6.24. The standard InChI is InChI=1S/C19H15ClN2O3/c1-10-7-8-12(9-11(10)2)22-18(23)15-16(21-25-17(15)19(22)24)13-5-3-4-6-14(13)20/h3-9,15,17H,1-2H3/t15-,17-/m0/s1. The van der Waals surface area contributed by atoms with Gasteiger partial charge in [0.2, 0.25) is 12.0 Å². The van der Waals surface area contributed by atoms with Crippen molar-refractivity contribution >= 4 is 34.8 Å². The van der Waals surface area contributed by atoms with E-state index < -0.39 is 17.9 Å². The van der Waals surface area contributed by atoms with Crippen LogP contribution in [0.5, 0.6) is 0 Å². The number of hydrogen-bond donors (Lipinski definition) is 0. The first-order chi connectivity index (χ1) is 12.0. The monoisotopic (exact) mass is 354 g/mol. The van der Waals surface area contributed by atoms with Crippen molar-refractivity contribution in [2.75, 3.05) is 4.90 Å². The van der Waals surface area contributed by atoms with Crippen molar-refractivity contribution in [3.8, 4) is 0 Å². The van der Waals surface area contributed by atoms with E-state index in [1.54, 1.807) is 30.3 Å². The molecular formula is C19H15ClN2O3. The van der Waals surface area contributed by atoms with Gasteiger partial charge in [0.25, 0.3) is 5.91 Å². The van der Waals surface area contributed by atoms with Gasteiger partial charge in [-0.1, -0.05) is 41.0 Å². The third-order valence-corrected chi connectivity index (χ3v) is 5.04. The highest BCUT2D eigenvalue weighted by Gasteiger charge is 2.56. The van der Waals surface area contributed by atoms with E-state index in [0.29, 0.717) is 22.0 Å². The van der Waals surface area contributed by atoms with Gasteiger partial charge in [0.1, 0.15) is 11.6 Å². The lowest BCUT2D eigenvalue weighted by Gasteiger charge is -2.16. The minimum absolute atomic E-state index is 0.338. The molecule has 0 spiro atoms. The maximum Gasteiger partial charge on any atom is 0.278 e.